The first-order chi connectivity index (χ1) is 15.1. The van der Waals surface area contributed by atoms with E-state index in [-0.39, 0.29) is 23.8 Å². The Morgan fingerprint density at radius 1 is 1.00 bits per heavy atom. The van der Waals surface area contributed by atoms with Crippen LogP contribution in [0.5, 0.6) is 0 Å². The Hall–Kier alpha value is -2.04. The number of hydrogen-bond donors (Lipinski definition) is 1. The molecule has 0 saturated carbocycles. The number of carbonyl (C=O) groups excluding carboxylic acids is 2. The number of rotatable bonds is 9. The summed E-state index contributed by atoms with van der Waals surface area (Å²) in [5, 5.41) is 3.81. The normalized spacial score (nSPS) is 12.3. The second kappa shape index (κ2) is 11.7. The van der Waals surface area contributed by atoms with Crippen molar-refractivity contribution in [2.45, 2.75) is 71.9 Å². The molecule has 32 heavy (non-hydrogen) atoms. The Morgan fingerprint density at radius 3 is 2.09 bits per heavy atom. The molecular formula is C26H34Cl2N2O2. The molecule has 0 fully saturated rings. The molecule has 0 bridgehead atoms. The lowest BCUT2D eigenvalue weighted by atomic mass is 9.86. The highest BCUT2D eigenvalue weighted by molar-refractivity contribution is 6.36. The zero-order chi connectivity index (χ0) is 23.9. The highest BCUT2D eigenvalue weighted by atomic mass is 35.5. The van der Waals surface area contributed by atoms with Crippen molar-refractivity contribution in [1.29, 1.82) is 0 Å². The third-order valence-corrected chi connectivity index (χ3v) is 6.28. The second-order valence-corrected chi connectivity index (χ2v) is 9.80. The maximum Gasteiger partial charge on any atom is 0.242 e. The third-order valence-electron chi connectivity index (χ3n) is 5.57. The van der Waals surface area contributed by atoms with Crippen molar-refractivity contribution in [3.05, 3.63) is 69.2 Å². The van der Waals surface area contributed by atoms with Gasteiger partial charge in [-0.2, -0.15) is 0 Å². The number of nitrogens with zero attached hydrogens (tertiary/aromatic N) is 1. The van der Waals surface area contributed by atoms with Crippen LogP contribution in [0.25, 0.3) is 0 Å². The summed E-state index contributed by atoms with van der Waals surface area (Å²) >= 11 is 12.7. The Balaban J connectivity index is 2.23. The molecule has 0 heterocycles. The number of likely N-dealkylation sites (N-methyl/N-ethyl adjacent to an activating group) is 1. The van der Waals surface area contributed by atoms with Crippen molar-refractivity contribution in [2.75, 3.05) is 6.54 Å². The van der Waals surface area contributed by atoms with Crippen LogP contribution in [0.15, 0.2) is 42.5 Å². The van der Waals surface area contributed by atoms with E-state index in [1.54, 1.807) is 23.1 Å². The molecule has 0 aliphatic carbocycles. The summed E-state index contributed by atoms with van der Waals surface area (Å²) in [5.74, 6) is -0.264. The van der Waals surface area contributed by atoms with Crippen LogP contribution in [0.3, 0.4) is 0 Å². The molecule has 2 rings (SSSR count). The summed E-state index contributed by atoms with van der Waals surface area (Å²) in [6.45, 7) is 11.0. The molecule has 1 N–H and O–H groups in total. The summed E-state index contributed by atoms with van der Waals surface area (Å²) in [4.78, 5) is 27.7. The first kappa shape index (κ1) is 26.2. The molecule has 2 aromatic carbocycles. The molecule has 0 radical (unpaired) electrons. The van der Waals surface area contributed by atoms with E-state index in [0.29, 0.717) is 41.4 Å². The lowest BCUT2D eigenvalue weighted by molar-refractivity contribution is -0.141. The molecule has 0 aliphatic heterocycles. The number of hydrogen-bond acceptors (Lipinski definition) is 2. The predicted molar refractivity (Wildman–Crippen MR) is 133 cm³/mol. The molecule has 2 aromatic rings. The minimum Gasteiger partial charge on any atom is -0.355 e. The van der Waals surface area contributed by atoms with Crippen LogP contribution in [0, 0.1) is 0 Å². The maximum atomic E-state index is 13.3. The highest BCUT2D eigenvalue weighted by Crippen LogP contribution is 2.28. The summed E-state index contributed by atoms with van der Waals surface area (Å²) in [5.41, 5.74) is 3.08. The molecule has 174 valence electrons. The minimum absolute atomic E-state index is 0.0837. The van der Waals surface area contributed by atoms with Gasteiger partial charge < -0.3 is 10.2 Å². The minimum atomic E-state index is -0.585. The van der Waals surface area contributed by atoms with Crippen LogP contribution < -0.4 is 5.32 Å². The summed E-state index contributed by atoms with van der Waals surface area (Å²) in [6, 6.07) is 13.1. The van der Waals surface area contributed by atoms with E-state index in [1.807, 2.05) is 13.8 Å². The first-order valence-electron chi connectivity index (χ1n) is 11.2. The van der Waals surface area contributed by atoms with Gasteiger partial charge in [0.25, 0.3) is 0 Å². The van der Waals surface area contributed by atoms with Gasteiger partial charge in [-0.25, -0.2) is 0 Å². The molecular weight excluding hydrogens is 443 g/mol. The van der Waals surface area contributed by atoms with Gasteiger partial charge in [-0.3, -0.25) is 9.59 Å². The van der Waals surface area contributed by atoms with E-state index in [1.165, 1.54) is 5.56 Å². The van der Waals surface area contributed by atoms with Crippen LogP contribution in [-0.4, -0.2) is 29.3 Å². The van der Waals surface area contributed by atoms with E-state index < -0.39 is 6.04 Å². The standard InChI is InChI=1S/C26H34Cl2N2O2/c1-6-23(25(32)29-7-2)30(17-20-21(27)9-8-10-22(20)28)24(31)16-13-18-11-14-19(15-12-18)26(3,4)5/h8-12,14-15,23H,6-7,13,16-17H2,1-5H3,(H,29,32)/t23-/m1/s1. The lowest BCUT2D eigenvalue weighted by Crippen LogP contribution is -2.49. The third kappa shape index (κ3) is 6.98. The fraction of sp³-hybridized carbons (Fsp3) is 0.462. The quantitative estimate of drug-likeness (QED) is 0.470. The molecule has 0 aromatic heterocycles. The summed E-state index contributed by atoms with van der Waals surface area (Å²) in [6.07, 6.45) is 1.40. The Morgan fingerprint density at radius 2 is 1.59 bits per heavy atom. The number of nitrogens with one attached hydrogen (secondary N) is 1. The monoisotopic (exact) mass is 476 g/mol. The number of halogens is 2. The molecule has 1 atom stereocenters. The van der Waals surface area contributed by atoms with Gasteiger partial charge in [0.2, 0.25) is 11.8 Å². The van der Waals surface area contributed by atoms with E-state index in [2.05, 4.69) is 50.4 Å². The molecule has 0 saturated heterocycles. The van der Waals surface area contributed by atoms with E-state index >= 15 is 0 Å². The van der Waals surface area contributed by atoms with E-state index in [0.717, 1.165) is 5.56 Å². The van der Waals surface area contributed by atoms with Gasteiger partial charge in [0.1, 0.15) is 6.04 Å². The van der Waals surface area contributed by atoms with Crippen molar-refractivity contribution in [3.63, 3.8) is 0 Å². The van der Waals surface area contributed by atoms with Gasteiger partial charge in [0, 0.05) is 35.1 Å². The summed E-state index contributed by atoms with van der Waals surface area (Å²) < 4.78 is 0. The Kier molecular flexibility index (Phi) is 9.60. The first-order valence-corrected chi connectivity index (χ1v) is 11.9. The van der Waals surface area contributed by atoms with Gasteiger partial charge in [0.15, 0.2) is 0 Å². The van der Waals surface area contributed by atoms with Gasteiger partial charge >= 0.3 is 0 Å². The van der Waals surface area contributed by atoms with Crippen LogP contribution in [0.4, 0.5) is 0 Å². The maximum absolute atomic E-state index is 13.3. The topological polar surface area (TPSA) is 49.4 Å². The van der Waals surface area contributed by atoms with Crippen molar-refractivity contribution in [1.82, 2.24) is 10.2 Å². The fourth-order valence-electron chi connectivity index (χ4n) is 3.63. The van der Waals surface area contributed by atoms with E-state index in [4.69, 9.17) is 23.2 Å². The van der Waals surface area contributed by atoms with Gasteiger partial charge in [0.05, 0.1) is 0 Å². The highest BCUT2D eigenvalue weighted by Gasteiger charge is 2.29. The molecule has 6 heteroatoms. The van der Waals surface area contributed by atoms with Gasteiger partial charge in [-0.15, -0.1) is 0 Å². The largest absolute Gasteiger partial charge is 0.355 e. The zero-order valence-electron chi connectivity index (χ0n) is 19.7. The SMILES string of the molecule is CCNC(=O)[C@@H](CC)N(Cc1c(Cl)cccc1Cl)C(=O)CCc1ccc(C(C)(C)C)cc1. The molecule has 0 spiro atoms. The average Bonchev–Trinajstić information content (AvgIpc) is 2.73. The number of aryl methyl sites for hydroxylation is 1. The van der Waals surface area contributed by atoms with Crippen molar-refractivity contribution in [3.8, 4) is 0 Å². The average molecular weight is 477 g/mol. The van der Waals surface area contributed by atoms with Crippen LogP contribution in [-0.2, 0) is 28.0 Å². The fourth-order valence-corrected chi connectivity index (χ4v) is 4.15. The van der Waals surface area contributed by atoms with Gasteiger partial charge in [-0.05, 0) is 48.4 Å². The Bertz CT molecular complexity index is 900. The van der Waals surface area contributed by atoms with Crippen molar-refractivity contribution >= 4 is 35.0 Å². The van der Waals surface area contributed by atoms with Crippen LogP contribution in [0.2, 0.25) is 10.0 Å². The number of benzene rings is 2. The molecule has 0 unspecified atom stereocenters. The number of carbonyl (C=O) groups is 2. The van der Waals surface area contributed by atoms with Crippen molar-refractivity contribution < 1.29 is 9.59 Å². The van der Waals surface area contributed by atoms with Crippen molar-refractivity contribution in [2.24, 2.45) is 0 Å². The smallest absolute Gasteiger partial charge is 0.242 e. The molecule has 2 amide bonds. The van der Waals surface area contributed by atoms with Gasteiger partial charge in [-0.1, -0.05) is 81.2 Å². The predicted octanol–water partition coefficient (Wildman–Crippen LogP) is 6.17. The van der Waals surface area contributed by atoms with Crippen LogP contribution in [0.1, 0.15) is 64.2 Å². The lowest BCUT2D eigenvalue weighted by Gasteiger charge is -2.31. The Labute approximate surface area is 202 Å². The zero-order valence-corrected chi connectivity index (χ0v) is 21.2. The molecule has 0 aliphatic rings. The van der Waals surface area contributed by atoms with E-state index in [9.17, 15) is 9.59 Å². The number of amides is 2. The second-order valence-electron chi connectivity index (χ2n) is 8.99. The summed E-state index contributed by atoms with van der Waals surface area (Å²) in [7, 11) is 0. The van der Waals surface area contributed by atoms with Crippen LogP contribution >= 0.6 is 23.2 Å². The molecule has 4 nitrogen and oxygen atoms in total.